The molecular formula is C28H32ClN3O2. The van der Waals surface area contributed by atoms with E-state index in [0.29, 0.717) is 19.7 Å². The minimum Gasteiger partial charge on any atom is -0.383 e. The molecule has 5 nitrogen and oxygen atoms in total. The standard InChI is InChI=1S/C28H32ClN3O2/c1-34-16-15-30-28(33)27-17-26(20-32(27)19-22-9-13-25(29)14-10-22)31-18-21-7-11-24(12-8-21)23-5-3-2-4-6-23/h2-14,26-27,31H,15-20H2,1H3,(H,30,33)/t26-,27-/m0/s1. The second-order valence-corrected chi connectivity index (χ2v) is 9.17. The Labute approximate surface area is 207 Å². The zero-order valence-corrected chi connectivity index (χ0v) is 20.3. The second-order valence-electron chi connectivity index (χ2n) is 8.73. The molecule has 4 rings (SSSR count). The molecule has 34 heavy (non-hydrogen) atoms. The molecule has 0 radical (unpaired) electrons. The van der Waals surface area contributed by atoms with Gasteiger partial charge in [-0.15, -0.1) is 0 Å². The lowest BCUT2D eigenvalue weighted by Crippen LogP contribution is -2.43. The summed E-state index contributed by atoms with van der Waals surface area (Å²) in [5, 5.41) is 7.40. The van der Waals surface area contributed by atoms with Crippen LogP contribution in [0.15, 0.2) is 78.9 Å². The number of hydrogen-bond donors (Lipinski definition) is 2. The Morgan fingerprint density at radius 1 is 0.971 bits per heavy atom. The van der Waals surface area contributed by atoms with Crippen molar-refractivity contribution in [2.24, 2.45) is 0 Å². The third-order valence-corrected chi connectivity index (χ3v) is 6.52. The van der Waals surface area contributed by atoms with Crippen LogP contribution in [-0.2, 0) is 22.6 Å². The molecule has 0 bridgehead atoms. The Bertz CT molecular complexity index is 1040. The summed E-state index contributed by atoms with van der Waals surface area (Å²) in [6.45, 7) is 3.33. The van der Waals surface area contributed by atoms with Crippen molar-refractivity contribution in [2.75, 3.05) is 26.8 Å². The minimum atomic E-state index is -0.175. The van der Waals surface area contributed by atoms with Crippen LogP contribution in [0, 0.1) is 0 Å². The molecule has 2 atom stereocenters. The first-order valence-corrected chi connectivity index (χ1v) is 12.1. The fourth-order valence-electron chi connectivity index (χ4n) is 4.43. The van der Waals surface area contributed by atoms with Crippen molar-refractivity contribution >= 4 is 17.5 Å². The number of likely N-dealkylation sites (tertiary alicyclic amines) is 1. The Balaban J connectivity index is 1.37. The summed E-state index contributed by atoms with van der Waals surface area (Å²) in [7, 11) is 1.64. The van der Waals surface area contributed by atoms with Gasteiger partial charge in [-0.25, -0.2) is 0 Å². The van der Waals surface area contributed by atoms with Crippen molar-refractivity contribution in [2.45, 2.75) is 31.6 Å². The zero-order valence-electron chi connectivity index (χ0n) is 19.5. The van der Waals surface area contributed by atoms with Crippen molar-refractivity contribution in [3.8, 4) is 11.1 Å². The lowest BCUT2D eigenvalue weighted by atomic mass is 10.0. The highest BCUT2D eigenvalue weighted by Crippen LogP contribution is 2.23. The molecule has 0 aromatic heterocycles. The third-order valence-electron chi connectivity index (χ3n) is 6.27. The van der Waals surface area contributed by atoms with Gasteiger partial charge in [-0.05, 0) is 40.8 Å². The van der Waals surface area contributed by atoms with Crippen molar-refractivity contribution in [3.05, 3.63) is 95.0 Å². The van der Waals surface area contributed by atoms with E-state index in [4.69, 9.17) is 16.3 Å². The van der Waals surface area contributed by atoms with Crippen LogP contribution in [0.1, 0.15) is 17.5 Å². The Kier molecular flexibility index (Phi) is 8.72. The average molecular weight is 478 g/mol. The van der Waals surface area contributed by atoms with Gasteiger partial charge >= 0.3 is 0 Å². The summed E-state index contributed by atoms with van der Waals surface area (Å²) < 4.78 is 5.08. The SMILES string of the molecule is COCCNC(=O)[C@@H]1C[C@H](NCc2ccc(-c3ccccc3)cc2)CN1Cc1ccc(Cl)cc1. The van der Waals surface area contributed by atoms with Gasteiger partial charge in [0, 0.05) is 44.4 Å². The molecule has 1 aliphatic rings. The number of nitrogens with one attached hydrogen (secondary N) is 2. The van der Waals surface area contributed by atoms with E-state index >= 15 is 0 Å². The monoisotopic (exact) mass is 477 g/mol. The van der Waals surface area contributed by atoms with Gasteiger partial charge in [0.05, 0.1) is 12.6 Å². The maximum absolute atomic E-state index is 12.9. The first-order chi connectivity index (χ1) is 16.6. The molecule has 3 aromatic rings. The van der Waals surface area contributed by atoms with Gasteiger partial charge < -0.3 is 15.4 Å². The van der Waals surface area contributed by atoms with E-state index in [-0.39, 0.29) is 18.0 Å². The summed E-state index contributed by atoms with van der Waals surface area (Å²) >= 11 is 6.05. The summed E-state index contributed by atoms with van der Waals surface area (Å²) in [4.78, 5) is 15.2. The molecule has 2 N–H and O–H groups in total. The molecule has 1 fully saturated rings. The molecule has 0 aliphatic carbocycles. The number of hydrogen-bond acceptors (Lipinski definition) is 4. The highest BCUT2D eigenvalue weighted by molar-refractivity contribution is 6.30. The molecule has 1 heterocycles. The van der Waals surface area contributed by atoms with Crippen molar-refractivity contribution < 1.29 is 9.53 Å². The molecule has 6 heteroatoms. The van der Waals surface area contributed by atoms with Crippen molar-refractivity contribution in [1.29, 1.82) is 0 Å². The summed E-state index contributed by atoms with van der Waals surface area (Å²) in [6, 6.07) is 27.0. The number of methoxy groups -OCH3 is 1. The number of carbonyl (C=O) groups excluding carboxylic acids is 1. The second kappa shape index (κ2) is 12.1. The van der Waals surface area contributed by atoms with E-state index < -0.39 is 0 Å². The van der Waals surface area contributed by atoms with Gasteiger partial charge in [0.25, 0.3) is 0 Å². The van der Waals surface area contributed by atoms with E-state index in [9.17, 15) is 4.79 Å². The molecular weight excluding hydrogens is 446 g/mol. The van der Waals surface area contributed by atoms with Gasteiger partial charge in [-0.1, -0.05) is 78.3 Å². The lowest BCUT2D eigenvalue weighted by Gasteiger charge is -2.23. The Morgan fingerprint density at radius 2 is 1.65 bits per heavy atom. The predicted octanol–water partition coefficient (Wildman–Crippen LogP) is 4.50. The predicted molar refractivity (Wildman–Crippen MR) is 138 cm³/mol. The molecule has 0 saturated carbocycles. The fraction of sp³-hybridized carbons (Fsp3) is 0.321. The number of benzene rings is 3. The van der Waals surface area contributed by atoms with E-state index in [0.717, 1.165) is 30.1 Å². The molecule has 178 valence electrons. The smallest absolute Gasteiger partial charge is 0.237 e. The molecule has 1 aliphatic heterocycles. The van der Waals surface area contributed by atoms with E-state index in [1.807, 2.05) is 30.3 Å². The summed E-state index contributed by atoms with van der Waals surface area (Å²) in [6.07, 6.45) is 0.772. The molecule has 3 aromatic carbocycles. The quantitative estimate of drug-likeness (QED) is 0.422. The maximum atomic E-state index is 12.9. The molecule has 1 amide bonds. The van der Waals surface area contributed by atoms with Crippen LogP contribution in [-0.4, -0.2) is 49.7 Å². The minimum absolute atomic E-state index is 0.0579. The van der Waals surface area contributed by atoms with Crippen LogP contribution in [0.25, 0.3) is 11.1 Å². The zero-order chi connectivity index (χ0) is 23.8. The average Bonchev–Trinajstić information content (AvgIpc) is 3.28. The number of nitrogens with zero attached hydrogens (tertiary/aromatic N) is 1. The van der Waals surface area contributed by atoms with Crippen molar-refractivity contribution in [1.82, 2.24) is 15.5 Å². The topological polar surface area (TPSA) is 53.6 Å². The van der Waals surface area contributed by atoms with Gasteiger partial charge in [0.1, 0.15) is 0 Å². The van der Waals surface area contributed by atoms with E-state index in [2.05, 4.69) is 64.1 Å². The van der Waals surface area contributed by atoms with Gasteiger partial charge in [-0.2, -0.15) is 0 Å². The van der Waals surface area contributed by atoms with Crippen LogP contribution in [0.5, 0.6) is 0 Å². The Hall–Kier alpha value is -2.70. The first kappa shape index (κ1) is 24.4. The van der Waals surface area contributed by atoms with Crippen LogP contribution in [0.3, 0.4) is 0 Å². The highest BCUT2D eigenvalue weighted by Gasteiger charge is 2.36. The van der Waals surface area contributed by atoms with Gasteiger partial charge in [0.2, 0.25) is 5.91 Å². The number of halogens is 1. The van der Waals surface area contributed by atoms with E-state index in [1.165, 1.54) is 16.7 Å². The van der Waals surface area contributed by atoms with Crippen LogP contribution >= 0.6 is 11.6 Å². The largest absolute Gasteiger partial charge is 0.383 e. The first-order valence-electron chi connectivity index (χ1n) is 11.8. The fourth-order valence-corrected chi connectivity index (χ4v) is 4.55. The van der Waals surface area contributed by atoms with Gasteiger partial charge in [0.15, 0.2) is 0 Å². The molecule has 0 unspecified atom stereocenters. The van der Waals surface area contributed by atoms with Crippen LogP contribution in [0.4, 0.5) is 0 Å². The Morgan fingerprint density at radius 3 is 2.35 bits per heavy atom. The summed E-state index contributed by atoms with van der Waals surface area (Å²) in [5.41, 5.74) is 4.82. The normalized spacial score (nSPS) is 18.2. The van der Waals surface area contributed by atoms with Crippen LogP contribution < -0.4 is 10.6 Å². The molecule has 0 spiro atoms. The van der Waals surface area contributed by atoms with Crippen LogP contribution in [0.2, 0.25) is 5.02 Å². The highest BCUT2D eigenvalue weighted by atomic mass is 35.5. The number of rotatable bonds is 10. The lowest BCUT2D eigenvalue weighted by molar-refractivity contribution is -0.125. The number of amides is 1. The van der Waals surface area contributed by atoms with Gasteiger partial charge in [-0.3, -0.25) is 9.69 Å². The number of carbonyl (C=O) groups is 1. The molecule has 1 saturated heterocycles. The maximum Gasteiger partial charge on any atom is 0.237 e. The van der Waals surface area contributed by atoms with E-state index in [1.54, 1.807) is 7.11 Å². The number of ether oxygens (including phenoxy) is 1. The van der Waals surface area contributed by atoms with Crippen molar-refractivity contribution in [3.63, 3.8) is 0 Å². The third kappa shape index (κ3) is 6.67. The summed E-state index contributed by atoms with van der Waals surface area (Å²) in [5.74, 6) is 0.0579.